The summed E-state index contributed by atoms with van der Waals surface area (Å²) in [6.45, 7) is 21.2. The van der Waals surface area contributed by atoms with Crippen LogP contribution in [0.5, 0.6) is 0 Å². The third kappa shape index (κ3) is 5.35. The van der Waals surface area contributed by atoms with Crippen LogP contribution in [0, 0.1) is 28.1 Å². The van der Waals surface area contributed by atoms with Gasteiger partial charge in [0.2, 0.25) is 0 Å². The highest BCUT2D eigenvalue weighted by atomic mass is 17.1. The highest BCUT2D eigenvalue weighted by molar-refractivity contribution is 6.27. The molecule has 5 atom stereocenters. The number of carbonyl (C=O) groups excluding carboxylic acids is 3. The number of ether oxygens (including phenoxy) is 1. The highest BCUT2D eigenvalue weighted by Gasteiger charge is 2.77. The molecule has 3 aliphatic rings. The zero-order valence-corrected chi connectivity index (χ0v) is 27.2. The number of allylic oxidation sites excluding steroid dienone is 8. The lowest BCUT2D eigenvalue weighted by Gasteiger charge is -2.61. The van der Waals surface area contributed by atoms with Gasteiger partial charge in [0.15, 0.2) is 22.8 Å². The molecule has 0 aromatic carbocycles. The molecule has 2 aliphatic carbocycles. The normalized spacial score (nSPS) is 31.3. The number of hydrogen-bond acceptors (Lipinski definition) is 6. The maximum atomic E-state index is 15.3. The van der Waals surface area contributed by atoms with Crippen molar-refractivity contribution >= 4 is 17.3 Å². The van der Waals surface area contributed by atoms with Crippen molar-refractivity contribution in [1.82, 2.24) is 0 Å². The molecular formula is C35H52O6. The Hall–Kier alpha value is -2.31. The molecule has 228 valence electrons. The number of carbonyl (C=O) groups is 3. The fourth-order valence-electron chi connectivity index (χ4n) is 7.37. The lowest BCUT2D eigenvalue weighted by Crippen LogP contribution is -2.69. The Bertz CT molecular complexity index is 1200. The summed E-state index contributed by atoms with van der Waals surface area (Å²) in [7, 11) is 0. The van der Waals surface area contributed by atoms with Crippen molar-refractivity contribution < 1.29 is 29.3 Å². The molecule has 1 heterocycles. The van der Waals surface area contributed by atoms with E-state index >= 15 is 4.79 Å². The molecule has 0 aromatic heterocycles. The van der Waals surface area contributed by atoms with Gasteiger partial charge in [0.05, 0.1) is 5.41 Å². The number of Topliss-reactive ketones (excluding diaryl/α,β-unsaturated/α-hetero) is 3. The fourth-order valence-corrected chi connectivity index (χ4v) is 7.37. The van der Waals surface area contributed by atoms with Gasteiger partial charge in [-0.25, -0.2) is 4.89 Å². The van der Waals surface area contributed by atoms with E-state index in [0.717, 1.165) is 16.7 Å². The van der Waals surface area contributed by atoms with E-state index in [1.165, 1.54) is 0 Å². The lowest BCUT2D eigenvalue weighted by molar-refractivity contribution is -0.334. The summed E-state index contributed by atoms with van der Waals surface area (Å²) in [4.78, 5) is 49.8. The number of hydrogen-bond donors (Lipinski definition) is 1. The Morgan fingerprint density at radius 2 is 1.63 bits per heavy atom. The maximum absolute atomic E-state index is 15.3. The van der Waals surface area contributed by atoms with Gasteiger partial charge in [-0.05, 0) is 105 Å². The van der Waals surface area contributed by atoms with E-state index in [1.807, 2.05) is 67.5 Å². The predicted molar refractivity (Wildman–Crippen MR) is 162 cm³/mol. The Kier molecular flexibility index (Phi) is 9.52. The molecule has 0 aromatic rings. The molecule has 2 fully saturated rings. The number of ketones is 3. The smallest absolute Gasteiger partial charge is 0.176 e. The standard InChI is InChI=1S/C35H52O6/c1-21(2)12-14-25-20-34(19-16-23(5)6)29(37)26(15-13-22(3)4)30-35(31(34)38,28(36)24(7)8)33(25,11)18-17-27(40-30)32(9,10)41-39/h12-13,16,24-25,27,39H,14-15,17-20H2,1-11H3. The molecule has 0 amide bonds. The van der Waals surface area contributed by atoms with Gasteiger partial charge in [-0.15, -0.1) is 0 Å². The van der Waals surface area contributed by atoms with Crippen molar-refractivity contribution in [2.24, 2.45) is 28.1 Å². The number of fused-ring (bicyclic) bond motifs is 1. The predicted octanol–water partition coefficient (Wildman–Crippen LogP) is 8.13. The van der Waals surface area contributed by atoms with Gasteiger partial charge in [-0.3, -0.25) is 19.6 Å². The SMILES string of the molecule is CC(C)=CCC1=C2OC(C(C)(C)OO)CCC3(C)C(CC=C(C)C)CC(CC=C(C)C)(C1=O)C(=O)C23C(=O)C(C)C. The third-order valence-electron chi connectivity index (χ3n) is 9.93. The van der Waals surface area contributed by atoms with Gasteiger partial charge in [0.25, 0.3) is 0 Å². The summed E-state index contributed by atoms with van der Waals surface area (Å²) in [6.07, 6.45) is 8.02. The average molecular weight is 569 g/mol. The Balaban J connectivity index is 2.57. The first-order chi connectivity index (χ1) is 18.9. The van der Waals surface area contributed by atoms with Gasteiger partial charge >= 0.3 is 0 Å². The Labute approximate surface area is 247 Å². The second kappa shape index (κ2) is 11.8. The van der Waals surface area contributed by atoms with Gasteiger partial charge in [0.1, 0.15) is 17.5 Å². The second-order valence-corrected chi connectivity index (χ2v) is 14.5. The van der Waals surface area contributed by atoms with Gasteiger partial charge < -0.3 is 4.74 Å². The quantitative estimate of drug-likeness (QED) is 0.124. The summed E-state index contributed by atoms with van der Waals surface area (Å²) in [5.74, 6) is -1.10. The Morgan fingerprint density at radius 3 is 2.15 bits per heavy atom. The molecule has 0 spiro atoms. The van der Waals surface area contributed by atoms with Crippen LogP contribution in [0.4, 0.5) is 0 Å². The van der Waals surface area contributed by atoms with Crippen molar-refractivity contribution in [3.8, 4) is 0 Å². The molecule has 1 saturated carbocycles. The first-order valence-corrected chi connectivity index (χ1v) is 15.2. The topological polar surface area (TPSA) is 89.9 Å². The zero-order valence-electron chi connectivity index (χ0n) is 27.2. The van der Waals surface area contributed by atoms with E-state index in [2.05, 4.69) is 13.0 Å². The average Bonchev–Trinajstić information content (AvgIpc) is 3.03. The first kappa shape index (κ1) is 33.2. The minimum absolute atomic E-state index is 0.118. The van der Waals surface area contributed by atoms with E-state index in [-0.39, 0.29) is 41.9 Å². The van der Waals surface area contributed by atoms with Crippen molar-refractivity contribution in [2.75, 3.05) is 0 Å². The monoisotopic (exact) mass is 568 g/mol. The van der Waals surface area contributed by atoms with Crippen LogP contribution in [-0.2, 0) is 24.0 Å². The summed E-state index contributed by atoms with van der Waals surface area (Å²) in [5.41, 5.74) is -1.27. The molecule has 3 rings (SSSR count). The first-order valence-electron chi connectivity index (χ1n) is 15.2. The van der Waals surface area contributed by atoms with Gasteiger partial charge in [0, 0.05) is 11.5 Å². The molecule has 1 N–H and O–H groups in total. The summed E-state index contributed by atoms with van der Waals surface area (Å²) < 4.78 is 6.77. The van der Waals surface area contributed by atoms with Crippen molar-refractivity contribution in [3.05, 3.63) is 46.3 Å². The summed E-state index contributed by atoms with van der Waals surface area (Å²) in [6, 6.07) is 0. The molecule has 0 radical (unpaired) electrons. The minimum atomic E-state index is -1.62. The zero-order chi connectivity index (χ0) is 31.1. The van der Waals surface area contributed by atoms with Crippen LogP contribution < -0.4 is 0 Å². The maximum Gasteiger partial charge on any atom is 0.176 e. The van der Waals surface area contributed by atoms with Crippen LogP contribution in [0.25, 0.3) is 0 Å². The van der Waals surface area contributed by atoms with Crippen LogP contribution in [0.2, 0.25) is 0 Å². The van der Waals surface area contributed by atoms with Crippen LogP contribution in [-0.4, -0.2) is 34.3 Å². The van der Waals surface area contributed by atoms with E-state index < -0.39 is 33.9 Å². The van der Waals surface area contributed by atoms with Crippen LogP contribution in [0.1, 0.15) is 115 Å². The van der Waals surface area contributed by atoms with Crippen molar-refractivity contribution in [1.29, 1.82) is 0 Å². The Morgan fingerprint density at radius 1 is 1.05 bits per heavy atom. The van der Waals surface area contributed by atoms with Gasteiger partial charge in [-0.1, -0.05) is 55.7 Å². The second-order valence-electron chi connectivity index (χ2n) is 14.5. The van der Waals surface area contributed by atoms with Crippen LogP contribution in [0.15, 0.2) is 46.3 Å². The molecule has 41 heavy (non-hydrogen) atoms. The van der Waals surface area contributed by atoms with Crippen molar-refractivity contribution in [3.63, 3.8) is 0 Å². The molecule has 1 saturated heterocycles. The van der Waals surface area contributed by atoms with Crippen molar-refractivity contribution in [2.45, 2.75) is 126 Å². The molecule has 2 bridgehead atoms. The van der Waals surface area contributed by atoms with Crippen LogP contribution >= 0.6 is 0 Å². The van der Waals surface area contributed by atoms with E-state index in [9.17, 15) is 14.8 Å². The minimum Gasteiger partial charge on any atom is -0.490 e. The van der Waals surface area contributed by atoms with E-state index in [0.29, 0.717) is 31.3 Å². The lowest BCUT2D eigenvalue weighted by atomic mass is 9.38. The summed E-state index contributed by atoms with van der Waals surface area (Å²) >= 11 is 0. The van der Waals surface area contributed by atoms with Gasteiger partial charge in [-0.2, -0.15) is 0 Å². The molecule has 1 aliphatic heterocycles. The fraction of sp³-hybridized carbons (Fsp3) is 0.686. The highest BCUT2D eigenvalue weighted by Crippen LogP contribution is 2.70. The van der Waals surface area contributed by atoms with E-state index in [4.69, 9.17) is 9.62 Å². The largest absolute Gasteiger partial charge is 0.490 e. The number of rotatable bonds is 10. The third-order valence-corrected chi connectivity index (χ3v) is 9.93. The molecule has 6 nitrogen and oxygen atoms in total. The van der Waals surface area contributed by atoms with E-state index in [1.54, 1.807) is 13.8 Å². The molecule has 5 unspecified atom stereocenters. The summed E-state index contributed by atoms with van der Waals surface area (Å²) in [5, 5.41) is 9.88. The molecular weight excluding hydrogens is 516 g/mol. The molecule has 6 heteroatoms. The van der Waals surface area contributed by atoms with Crippen LogP contribution in [0.3, 0.4) is 0 Å².